The number of sulfone groups is 1. The Hall–Kier alpha value is -4.05. The second kappa shape index (κ2) is 9.67. The second-order valence-corrected chi connectivity index (χ2v) is 9.63. The molecule has 0 atom stereocenters. The number of carbonyl (C=O) groups is 1. The van der Waals surface area contributed by atoms with Crippen molar-refractivity contribution in [3.8, 4) is 5.75 Å². The lowest BCUT2D eigenvalue weighted by Gasteiger charge is -2.14. The van der Waals surface area contributed by atoms with Crippen LogP contribution in [0.2, 0.25) is 0 Å². The van der Waals surface area contributed by atoms with Gasteiger partial charge in [0, 0.05) is 11.9 Å². The molecular weight excluding hydrogens is 473 g/mol. The highest BCUT2D eigenvalue weighted by Gasteiger charge is 2.25. The first-order valence-corrected chi connectivity index (χ1v) is 12.2. The lowest BCUT2D eigenvalue weighted by Crippen LogP contribution is -2.24. The third-order valence-electron chi connectivity index (χ3n) is 5.22. The van der Waals surface area contributed by atoms with Crippen molar-refractivity contribution >= 4 is 32.5 Å². The first kappa shape index (κ1) is 24.1. The molecule has 8 nitrogen and oxygen atoms in total. The minimum absolute atomic E-state index is 0.0192. The van der Waals surface area contributed by atoms with Crippen molar-refractivity contribution in [2.45, 2.75) is 30.2 Å². The Labute approximate surface area is 200 Å². The Morgan fingerprint density at radius 3 is 2.49 bits per heavy atom. The highest BCUT2D eigenvalue weighted by atomic mass is 32.2. The summed E-state index contributed by atoms with van der Waals surface area (Å²) in [5.41, 5.74) is -0.0343. The second-order valence-electron chi connectivity index (χ2n) is 7.71. The van der Waals surface area contributed by atoms with Gasteiger partial charge in [-0.2, -0.15) is 0 Å². The number of nitrogens with zero attached hydrogens (tertiary/aromatic N) is 2. The average molecular weight is 496 g/mol. The first-order chi connectivity index (χ1) is 16.7. The number of amides is 1. The number of ether oxygens (including phenoxy) is 1. The lowest BCUT2D eigenvalue weighted by molar-refractivity contribution is -0.116. The fourth-order valence-corrected chi connectivity index (χ4v) is 4.93. The number of hydrogen-bond donors (Lipinski definition) is 1. The van der Waals surface area contributed by atoms with Crippen LogP contribution in [0.25, 0.3) is 11.0 Å². The Morgan fingerprint density at radius 2 is 1.80 bits per heavy atom. The summed E-state index contributed by atoms with van der Waals surface area (Å²) >= 11 is 0. The van der Waals surface area contributed by atoms with E-state index in [9.17, 15) is 22.4 Å². The number of anilines is 1. The van der Waals surface area contributed by atoms with Crippen LogP contribution < -0.4 is 15.5 Å². The summed E-state index contributed by atoms with van der Waals surface area (Å²) in [5, 5.41) is 2.50. The van der Waals surface area contributed by atoms with Gasteiger partial charge in [0.1, 0.15) is 28.7 Å². The highest BCUT2D eigenvalue weighted by molar-refractivity contribution is 7.91. The molecule has 0 unspecified atom stereocenters. The molecule has 0 aliphatic rings. The fraction of sp³-hybridized carbons (Fsp3) is 0.160. The third-order valence-corrected chi connectivity index (χ3v) is 6.99. The number of aryl methyl sites for hydroxylation is 1. The van der Waals surface area contributed by atoms with Crippen molar-refractivity contribution in [1.82, 2.24) is 9.55 Å². The molecule has 0 saturated heterocycles. The molecule has 0 spiro atoms. The molecule has 0 aliphatic carbocycles. The van der Waals surface area contributed by atoms with Crippen LogP contribution in [0.4, 0.5) is 10.1 Å². The summed E-state index contributed by atoms with van der Waals surface area (Å²) in [6, 6.07) is 14.4. The molecule has 2 aromatic heterocycles. The van der Waals surface area contributed by atoms with Crippen molar-refractivity contribution < 1.29 is 22.3 Å². The molecule has 0 aliphatic heterocycles. The van der Waals surface area contributed by atoms with Crippen LogP contribution in [0.3, 0.4) is 0 Å². The monoisotopic (exact) mass is 495 g/mol. The van der Waals surface area contributed by atoms with Gasteiger partial charge in [-0.25, -0.2) is 17.8 Å². The number of fused-ring (bicyclic) bond motifs is 1. The smallest absolute Gasteiger partial charge is 0.244 e. The molecule has 1 N–H and O–H groups in total. The number of halogens is 1. The van der Waals surface area contributed by atoms with Gasteiger partial charge in [0.05, 0.1) is 22.6 Å². The predicted molar refractivity (Wildman–Crippen MR) is 129 cm³/mol. The molecule has 0 radical (unpaired) electrons. The zero-order valence-electron chi connectivity index (χ0n) is 19.0. The van der Waals surface area contributed by atoms with Crippen molar-refractivity contribution in [1.29, 1.82) is 0 Å². The summed E-state index contributed by atoms with van der Waals surface area (Å²) in [6.07, 6.45) is 1.10. The molecule has 180 valence electrons. The summed E-state index contributed by atoms with van der Waals surface area (Å²) in [5.74, 6) is -0.738. The maximum absolute atomic E-state index is 14.0. The Balaban J connectivity index is 1.80. The number of aromatic nitrogens is 2. The Morgan fingerprint density at radius 1 is 1.09 bits per heavy atom. The summed E-state index contributed by atoms with van der Waals surface area (Å²) < 4.78 is 47.4. The van der Waals surface area contributed by atoms with E-state index in [1.54, 1.807) is 26.0 Å². The van der Waals surface area contributed by atoms with Crippen LogP contribution in [0.5, 0.6) is 5.75 Å². The van der Waals surface area contributed by atoms with Crippen LogP contribution in [0, 0.1) is 12.7 Å². The maximum Gasteiger partial charge on any atom is 0.244 e. The van der Waals surface area contributed by atoms with Crippen molar-refractivity contribution in [2.24, 2.45) is 0 Å². The molecule has 2 aromatic carbocycles. The fourth-order valence-electron chi connectivity index (χ4n) is 3.56. The van der Waals surface area contributed by atoms with Gasteiger partial charge in [0.25, 0.3) is 0 Å². The van der Waals surface area contributed by atoms with E-state index in [0.29, 0.717) is 18.1 Å². The highest BCUT2D eigenvalue weighted by Crippen LogP contribution is 2.23. The molecule has 0 saturated carbocycles. The molecule has 35 heavy (non-hydrogen) atoms. The van der Waals surface area contributed by atoms with E-state index in [1.807, 2.05) is 0 Å². The minimum atomic E-state index is -4.24. The first-order valence-electron chi connectivity index (χ1n) is 10.7. The van der Waals surface area contributed by atoms with E-state index in [2.05, 4.69) is 10.3 Å². The van der Waals surface area contributed by atoms with Crippen molar-refractivity contribution in [3.05, 3.63) is 88.6 Å². The van der Waals surface area contributed by atoms with Gasteiger partial charge in [-0.15, -0.1) is 0 Å². The zero-order chi connectivity index (χ0) is 25.2. The lowest BCUT2D eigenvalue weighted by atomic mass is 10.2. The molecular formula is C25H22FN3O5S. The van der Waals surface area contributed by atoms with Crippen molar-refractivity contribution in [3.63, 3.8) is 0 Å². The van der Waals surface area contributed by atoms with Gasteiger partial charge >= 0.3 is 0 Å². The molecule has 0 fully saturated rings. The van der Waals surface area contributed by atoms with E-state index in [4.69, 9.17) is 4.74 Å². The van der Waals surface area contributed by atoms with Gasteiger partial charge in [0.2, 0.25) is 21.2 Å². The van der Waals surface area contributed by atoms with E-state index in [1.165, 1.54) is 53.1 Å². The number of para-hydroxylation sites is 1. The quantitative estimate of drug-likeness (QED) is 0.419. The average Bonchev–Trinajstić information content (AvgIpc) is 2.82. The number of nitrogens with one attached hydrogen (secondary N) is 1. The number of benzene rings is 2. The normalized spacial score (nSPS) is 11.4. The van der Waals surface area contributed by atoms with Gasteiger partial charge < -0.3 is 14.6 Å². The summed E-state index contributed by atoms with van der Waals surface area (Å²) in [7, 11) is -4.24. The zero-order valence-corrected chi connectivity index (χ0v) is 19.8. The predicted octanol–water partition coefficient (Wildman–Crippen LogP) is 3.71. The van der Waals surface area contributed by atoms with Crippen LogP contribution >= 0.6 is 0 Å². The van der Waals surface area contributed by atoms with Crippen LogP contribution in [0.15, 0.2) is 81.4 Å². The van der Waals surface area contributed by atoms with Crippen LogP contribution in [-0.4, -0.2) is 30.5 Å². The summed E-state index contributed by atoms with van der Waals surface area (Å²) in [6.45, 7) is 3.54. The minimum Gasteiger partial charge on any atom is -0.494 e. The largest absolute Gasteiger partial charge is 0.494 e. The third kappa shape index (κ3) is 4.92. The molecule has 10 heteroatoms. The van der Waals surface area contributed by atoms with Gasteiger partial charge in [-0.1, -0.05) is 12.1 Å². The number of rotatable bonds is 7. The van der Waals surface area contributed by atoms with Crippen LogP contribution in [-0.2, 0) is 21.2 Å². The van der Waals surface area contributed by atoms with Gasteiger partial charge in [0.15, 0.2) is 0 Å². The molecule has 4 rings (SSSR count). The molecule has 1 amide bonds. The van der Waals surface area contributed by atoms with E-state index in [-0.39, 0.29) is 21.6 Å². The Bertz CT molecular complexity index is 1580. The SMILES string of the molecule is CCOc1ccc(S(=O)(=O)c2cn(CC(=O)Nc3ccccc3F)c3nc(C)ccc3c2=O)cc1. The number of hydrogen-bond acceptors (Lipinski definition) is 6. The number of pyridine rings is 2. The molecule has 0 bridgehead atoms. The summed E-state index contributed by atoms with van der Waals surface area (Å²) in [4.78, 5) is 29.6. The van der Waals surface area contributed by atoms with E-state index >= 15 is 0 Å². The van der Waals surface area contributed by atoms with E-state index < -0.39 is 38.4 Å². The maximum atomic E-state index is 14.0. The van der Waals surface area contributed by atoms with E-state index in [0.717, 1.165) is 6.20 Å². The Kier molecular flexibility index (Phi) is 6.65. The molecule has 4 aromatic rings. The van der Waals surface area contributed by atoms with Crippen molar-refractivity contribution in [2.75, 3.05) is 11.9 Å². The topological polar surface area (TPSA) is 107 Å². The molecule has 2 heterocycles. The standard InChI is InChI=1S/C25H22FN3O5S/c1-3-34-17-9-11-18(12-10-17)35(32,33)22-14-29(25-19(24(22)31)13-8-16(2)27-25)15-23(30)28-21-7-5-4-6-20(21)26/h4-14H,3,15H2,1-2H3,(H,28,30). The van der Waals surface area contributed by atoms with Gasteiger partial charge in [-0.3, -0.25) is 9.59 Å². The van der Waals surface area contributed by atoms with Crippen LogP contribution in [0.1, 0.15) is 12.6 Å². The number of carbonyl (C=O) groups excluding carboxylic acids is 1. The van der Waals surface area contributed by atoms with Gasteiger partial charge in [-0.05, 0) is 62.4 Å².